The highest BCUT2D eigenvalue weighted by Gasteiger charge is 2.20. The van der Waals surface area contributed by atoms with E-state index >= 15 is 0 Å². The Morgan fingerprint density at radius 1 is 1.04 bits per heavy atom. The van der Waals surface area contributed by atoms with Crippen molar-refractivity contribution in [2.45, 2.75) is 37.4 Å². The third-order valence-electron chi connectivity index (χ3n) is 5.22. The Bertz CT molecular complexity index is 1050. The lowest BCUT2D eigenvalue weighted by atomic mass is 10.1. The van der Waals surface area contributed by atoms with E-state index in [4.69, 9.17) is 0 Å². The average molecular weight is 386 g/mol. The lowest BCUT2D eigenvalue weighted by Gasteiger charge is -2.28. The van der Waals surface area contributed by atoms with Crippen molar-refractivity contribution in [1.82, 2.24) is 8.87 Å². The Morgan fingerprint density at radius 2 is 1.74 bits per heavy atom. The summed E-state index contributed by atoms with van der Waals surface area (Å²) in [6.45, 7) is 4.22. The van der Waals surface area contributed by atoms with Gasteiger partial charge in [-0.1, -0.05) is 23.8 Å². The number of hydrogen-bond donors (Lipinski definition) is 0. The maximum atomic E-state index is 13.3. The van der Waals surface area contributed by atoms with Gasteiger partial charge >= 0.3 is 0 Å². The molecule has 0 N–H and O–H groups in total. The molecule has 0 radical (unpaired) electrons. The van der Waals surface area contributed by atoms with Crippen LogP contribution in [-0.2, 0) is 16.6 Å². The fraction of sp³-hybridized carbons (Fsp3) is 0.333. The van der Waals surface area contributed by atoms with Crippen LogP contribution in [0.4, 0.5) is 4.39 Å². The molecule has 0 amide bonds. The van der Waals surface area contributed by atoms with Gasteiger partial charge < -0.3 is 0 Å². The monoisotopic (exact) mass is 386 g/mol. The zero-order valence-electron chi connectivity index (χ0n) is 15.3. The van der Waals surface area contributed by atoms with Gasteiger partial charge in [0.2, 0.25) is 0 Å². The molecule has 1 saturated heterocycles. The molecule has 142 valence electrons. The SMILES string of the molecule is Cc1ccc(S(=O)(=O)n2ccc3cc(CN4CCC(F)CC4)ccc32)cc1. The van der Waals surface area contributed by atoms with E-state index in [0.29, 0.717) is 18.4 Å². The molecule has 6 heteroatoms. The second kappa shape index (κ2) is 7.09. The molecule has 0 aliphatic carbocycles. The van der Waals surface area contributed by atoms with Gasteiger partial charge in [-0.15, -0.1) is 0 Å². The molecule has 0 spiro atoms. The van der Waals surface area contributed by atoms with E-state index in [1.54, 1.807) is 30.5 Å². The summed E-state index contributed by atoms with van der Waals surface area (Å²) in [7, 11) is -3.62. The first-order valence-corrected chi connectivity index (χ1v) is 10.7. The van der Waals surface area contributed by atoms with Gasteiger partial charge in [0.1, 0.15) is 6.17 Å². The number of fused-ring (bicyclic) bond motifs is 1. The number of aryl methyl sites for hydroxylation is 1. The second-order valence-electron chi connectivity index (χ2n) is 7.27. The van der Waals surface area contributed by atoms with Crippen molar-refractivity contribution in [3.63, 3.8) is 0 Å². The van der Waals surface area contributed by atoms with Gasteiger partial charge in [0.25, 0.3) is 10.0 Å². The minimum absolute atomic E-state index is 0.281. The number of rotatable bonds is 4. The fourth-order valence-electron chi connectivity index (χ4n) is 3.62. The van der Waals surface area contributed by atoms with Crippen LogP contribution in [0.5, 0.6) is 0 Å². The third-order valence-corrected chi connectivity index (χ3v) is 6.92. The van der Waals surface area contributed by atoms with Crippen molar-refractivity contribution in [2.24, 2.45) is 0 Å². The van der Waals surface area contributed by atoms with E-state index in [-0.39, 0.29) is 4.90 Å². The molecule has 1 aromatic heterocycles. The maximum absolute atomic E-state index is 13.3. The molecule has 27 heavy (non-hydrogen) atoms. The lowest BCUT2D eigenvalue weighted by Crippen LogP contribution is -2.33. The Labute approximate surface area is 159 Å². The van der Waals surface area contributed by atoms with E-state index in [2.05, 4.69) is 4.90 Å². The summed E-state index contributed by atoms with van der Waals surface area (Å²) in [5, 5.41) is 0.892. The summed E-state index contributed by atoms with van der Waals surface area (Å²) in [5.41, 5.74) is 2.81. The lowest BCUT2D eigenvalue weighted by molar-refractivity contribution is 0.145. The number of piperidine rings is 1. The Kier molecular flexibility index (Phi) is 4.78. The highest BCUT2D eigenvalue weighted by molar-refractivity contribution is 7.90. The van der Waals surface area contributed by atoms with Crippen molar-refractivity contribution in [2.75, 3.05) is 13.1 Å². The van der Waals surface area contributed by atoms with Crippen LogP contribution in [0.15, 0.2) is 59.6 Å². The Balaban J connectivity index is 1.61. The van der Waals surface area contributed by atoms with Gasteiger partial charge in [0.15, 0.2) is 0 Å². The number of aromatic nitrogens is 1. The van der Waals surface area contributed by atoms with Crippen LogP contribution >= 0.6 is 0 Å². The van der Waals surface area contributed by atoms with Crippen LogP contribution in [-0.4, -0.2) is 36.6 Å². The normalized spacial score (nSPS) is 16.8. The molecule has 2 heterocycles. The number of benzene rings is 2. The summed E-state index contributed by atoms with van der Waals surface area (Å²) >= 11 is 0. The largest absolute Gasteiger partial charge is 0.299 e. The highest BCUT2D eigenvalue weighted by atomic mass is 32.2. The van der Waals surface area contributed by atoms with E-state index in [1.165, 1.54) is 3.97 Å². The standard InChI is InChI=1S/C21H23FN2O2S/c1-16-2-5-20(6-3-16)27(25,26)24-13-8-18-14-17(4-7-21(18)24)15-23-11-9-19(22)10-12-23/h2-8,13-14,19H,9-12,15H2,1H3. The van der Waals surface area contributed by atoms with E-state index < -0.39 is 16.2 Å². The molecule has 4 rings (SSSR count). The van der Waals surface area contributed by atoms with Crippen LogP contribution in [0, 0.1) is 6.92 Å². The van der Waals surface area contributed by atoms with Crippen LogP contribution < -0.4 is 0 Å². The maximum Gasteiger partial charge on any atom is 0.268 e. The summed E-state index contributed by atoms with van der Waals surface area (Å²) in [5.74, 6) is 0. The van der Waals surface area contributed by atoms with Crippen LogP contribution in [0.2, 0.25) is 0 Å². The predicted molar refractivity (Wildman–Crippen MR) is 105 cm³/mol. The molecule has 1 fully saturated rings. The average Bonchev–Trinajstić information content (AvgIpc) is 3.08. The molecule has 4 nitrogen and oxygen atoms in total. The topological polar surface area (TPSA) is 42.3 Å². The zero-order chi connectivity index (χ0) is 19.0. The van der Waals surface area contributed by atoms with Crippen molar-refractivity contribution in [1.29, 1.82) is 0 Å². The van der Waals surface area contributed by atoms with Crippen LogP contribution in [0.1, 0.15) is 24.0 Å². The van der Waals surface area contributed by atoms with Gasteiger partial charge in [-0.25, -0.2) is 16.8 Å². The number of likely N-dealkylation sites (tertiary alicyclic amines) is 1. The highest BCUT2D eigenvalue weighted by Crippen LogP contribution is 2.24. The van der Waals surface area contributed by atoms with E-state index in [9.17, 15) is 12.8 Å². The first kappa shape index (κ1) is 18.2. The Morgan fingerprint density at radius 3 is 2.44 bits per heavy atom. The molecule has 0 bridgehead atoms. The number of hydrogen-bond acceptors (Lipinski definition) is 3. The van der Waals surface area contributed by atoms with Gasteiger partial charge in [0, 0.05) is 31.2 Å². The molecule has 3 aromatic rings. The number of nitrogens with zero attached hydrogens (tertiary/aromatic N) is 2. The van der Waals surface area contributed by atoms with Gasteiger partial charge in [-0.2, -0.15) is 0 Å². The summed E-state index contributed by atoms with van der Waals surface area (Å²) in [6.07, 6.45) is 2.11. The number of alkyl halides is 1. The molecule has 0 atom stereocenters. The van der Waals surface area contributed by atoms with Crippen molar-refractivity contribution < 1.29 is 12.8 Å². The molecule has 1 aliphatic heterocycles. The molecular weight excluding hydrogens is 363 g/mol. The van der Waals surface area contributed by atoms with Crippen LogP contribution in [0.25, 0.3) is 10.9 Å². The second-order valence-corrected chi connectivity index (χ2v) is 9.09. The summed E-state index contributed by atoms with van der Waals surface area (Å²) in [4.78, 5) is 2.53. The van der Waals surface area contributed by atoms with Gasteiger partial charge in [-0.3, -0.25) is 4.90 Å². The summed E-state index contributed by atoms with van der Waals surface area (Å²) in [6, 6.07) is 14.6. The van der Waals surface area contributed by atoms with E-state index in [1.807, 2.05) is 31.2 Å². The van der Waals surface area contributed by atoms with Gasteiger partial charge in [-0.05, 0) is 55.7 Å². The molecular formula is C21H23FN2O2S. The third kappa shape index (κ3) is 3.64. The molecule has 1 aliphatic rings. The fourth-order valence-corrected chi connectivity index (χ4v) is 4.97. The summed E-state index contributed by atoms with van der Waals surface area (Å²) < 4.78 is 40.6. The predicted octanol–water partition coefficient (Wildman–Crippen LogP) is 4.12. The molecule has 2 aromatic carbocycles. The molecule has 0 unspecified atom stereocenters. The minimum atomic E-state index is -3.62. The van der Waals surface area contributed by atoms with Crippen LogP contribution in [0.3, 0.4) is 0 Å². The van der Waals surface area contributed by atoms with E-state index in [0.717, 1.165) is 36.1 Å². The minimum Gasteiger partial charge on any atom is -0.299 e. The smallest absolute Gasteiger partial charge is 0.268 e. The first-order chi connectivity index (χ1) is 12.9. The Hall–Kier alpha value is -2.18. The zero-order valence-corrected chi connectivity index (χ0v) is 16.1. The molecule has 0 saturated carbocycles. The van der Waals surface area contributed by atoms with Crippen molar-refractivity contribution >= 4 is 20.9 Å². The van der Waals surface area contributed by atoms with Crippen molar-refractivity contribution in [3.8, 4) is 0 Å². The van der Waals surface area contributed by atoms with Crippen molar-refractivity contribution in [3.05, 3.63) is 65.9 Å². The number of halogens is 1. The quantitative estimate of drug-likeness (QED) is 0.677. The first-order valence-electron chi connectivity index (χ1n) is 9.22. The van der Waals surface area contributed by atoms with Gasteiger partial charge in [0.05, 0.1) is 10.4 Å².